The summed E-state index contributed by atoms with van der Waals surface area (Å²) in [5.74, 6) is -0.110. The molecule has 0 aromatic heterocycles. The number of hydrogen-bond acceptors (Lipinski definition) is 5. The largest absolute Gasteiger partial charge is 0.466 e. The van der Waals surface area contributed by atoms with Crippen LogP contribution in [0.3, 0.4) is 0 Å². The fourth-order valence-electron chi connectivity index (χ4n) is 9.51. The third-order valence-electron chi connectivity index (χ3n) is 14.2. The highest BCUT2D eigenvalue weighted by molar-refractivity contribution is 5.76. The topological polar surface area (TPSA) is 95.9 Å². The van der Waals surface area contributed by atoms with Crippen molar-refractivity contribution in [2.75, 3.05) is 13.2 Å². The first-order chi connectivity index (χ1) is 33.5. The number of ether oxygens (including phenoxy) is 1. The Morgan fingerprint density at radius 3 is 1.04 bits per heavy atom. The van der Waals surface area contributed by atoms with Gasteiger partial charge in [0.1, 0.15) is 0 Å². The monoisotopic (exact) mass is 958 g/mol. The minimum Gasteiger partial charge on any atom is -0.466 e. The van der Waals surface area contributed by atoms with Gasteiger partial charge in [0.15, 0.2) is 0 Å². The van der Waals surface area contributed by atoms with E-state index in [4.69, 9.17) is 4.74 Å². The average molecular weight is 959 g/mol. The Hall–Kier alpha value is -1.66. The van der Waals surface area contributed by atoms with E-state index >= 15 is 0 Å². The van der Waals surface area contributed by atoms with Crippen LogP contribution in [0.4, 0.5) is 0 Å². The lowest BCUT2D eigenvalue weighted by Gasteiger charge is -2.20. The molecular formula is C62H119NO5. The molecule has 3 N–H and O–H groups in total. The van der Waals surface area contributed by atoms with Crippen molar-refractivity contribution in [3.05, 3.63) is 24.3 Å². The van der Waals surface area contributed by atoms with Gasteiger partial charge >= 0.3 is 5.97 Å². The Kier molecular flexibility index (Phi) is 56.5. The van der Waals surface area contributed by atoms with Gasteiger partial charge in [0.2, 0.25) is 5.91 Å². The van der Waals surface area contributed by atoms with Crippen LogP contribution in [0.2, 0.25) is 0 Å². The predicted octanol–water partition coefficient (Wildman–Crippen LogP) is 19.0. The van der Waals surface area contributed by atoms with Crippen LogP contribution in [0.15, 0.2) is 24.3 Å². The molecule has 0 aromatic rings. The lowest BCUT2D eigenvalue weighted by molar-refractivity contribution is -0.143. The molecule has 0 bridgehead atoms. The summed E-state index contributed by atoms with van der Waals surface area (Å²) in [5.41, 5.74) is 0. The highest BCUT2D eigenvalue weighted by Crippen LogP contribution is 2.17. The summed E-state index contributed by atoms with van der Waals surface area (Å²) >= 11 is 0. The van der Waals surface area contributed by atoms with Crippen molar-refractivity contribution in [1.82, 2.24) is 5.32 Å². The smallest absolute Gasteiger partial charge is 0.305 e. The van der Waals surface area contributed by atoms with Gasteiger partial charge in [-0.15, -0.1) is 0 Å². The van der Waals surface area contributed by atoms with Crippen LogP contribution in [0.5, 0.6) is 0 Å². The van der Waals surface area contributed by atoms with Crippen LogP contribution < -0.4 is 5.32 Å². The molecule has 0 saturated carbocycles. The Labute approximate surface area is 424 Å². The molecule has 402 valence electrons. The van der Waals surface area contributed by atoms with Crippen molar-refractivity contribution in [3.63, 3.8) is 0 Å². The number of aliphatic hydroxyl groups excluding tert-OH is 2. The van der Waals surface area contributed by atoms with Crippen molar-refractivity contribution >= 4 is 11.9 Å². The molecular weight excluding hydrogens is 839 g/mol. The van der Waals surface area contributed by atoms with E-state index in [0.29, 0.717) is 19.4 Å². The van der Waals surface area contributed by atoms with E-state index in [0.717, 1.165) is 77.0 Å². The molecule has 0 rings (SSSR count). The number of hydrogen-bond donors (Lipinski definition) is 3. The third kappa shape index (κ3) is 53.7. The molecule has 0 fully saturated rings. The maximum absolute atomic E-state index is 12.5. The molecule has 1 amide bonds. The van der Waals surface area contributed by atoms with Gasteiger partial charge in [0.05, 0.1) is 25.4 Å². The molecule has 6 nitrogen and oxygen atoms in total. The fourth-order valence-corrected chi connectivity index (χ4v) is 9.51. The molecule has 0 aliphatic rings. The molecule has 0 spiro atoms. The van der Waals surface area contributed by atoms with Crippen LogP contribution in [-0.4, -0.2) is 47.4 Å². The van der Waals surface area contributed by atoms with Gasteiger partial charge in [-0.2, -0.15) is 0 Å². The Bertz CT molecular complexity index is 1060. The second kappa shape index (κ2) is 57.9. The van der Waals surface area contributed by atoms with E-state index in [1.807, 2.05) is 6.08 Å². The molecule has 0 radical (unpaired) electrons. The third-order valence-corrected chi connectivity index (χ3v) is 14.2. The lowest BCUT2D eigenvalue weighted by atomic mass is 10.0. The van der Waals surface area contributed by atoms with Gasteiger partial charge in [-0.1, -0.05) is 282 Å². The standard InChI is InChI=1S/C62H119NO5/c1-3-5-7-9-11-13-15-17-19-21-23-24-25-26-28-30-34-38-42-46-50-54-60(65)59(58-64)63-61(66)55-51-47-43-39-35-32-33-37-41-45-49-53-57-68-62(67)56-52-48-44-40-36-31-29-27-22-20-18-16-14-12-10-8-6-4-2/h33,37,50,54,59-60,64-65H,3-32,34-36,38-49,51-53,55-58H2,1-2H3,(H,63,66)/b37-33-,54-50+. The van der Waals surface area contributed by atoms with Crippen LogP contribution in [0, 0.1) is 0 Å². The summed E-state index contributed by atoms with van der Waals surface area (Å²) in [6, 6.07) is -0.647. The summed E-state index contributed by atoms with van der Waals surface area (Å²) in [6.45, 7) is 4.87. The zero-order valence-corrected chi connectivity index (χ0v) is 45.9. The maximum Gasteiger partial charge on any atom is 0.305 e. The van der Waals surface area contributed by atoms with E-state index in [1.165, 1.54) is 231 Å². The van der Waals surface area contributed by atoms with Crippen LogP contribution in [0.25, 0.3) is 0 Å². The van der Waals surface area contributed by atoms with Crippen molar-refractivity contribution in [2.24, 2.45) is 0 Å². The number of unbranched alkanes of at least 4 members (excludes halogenated alkanes) is 44. The average Bonchev–Trinajstić information content (AvgIpc) is 3.34. The first-order valence-corrected chi connectivity index (χ1v) is 30.6. The number of nitrogens with one attached hydrogen (secondary N) is 1. The molecule has 0 saturated heterocycles. The maximum atomic E-state index is 12.5. The van der Waals surface area contributed by atoms with Gasteiger partial charge in [-0.05, 0) is 64.2 Å². The zero-order valence-electron chi connectivity index (χ0n) is 45.9. The van der Waals surface area contributed by atoms with Gasteiger partial charge in [0.25, 0.3) is 0 Å². The molecule has 6 heteroatoms. The molecule has 0 aromatic carbocycles. The van der Waals surface area contributed by atoms with E-state index in [1.54, 1.807) is 6.08 Å². The van der Waals surface area contributed by atoms with Crippen molar-refractivity contribution in [3.8, 4) is 0 Å². The Morgan fingerprint density at radius 2 is 0.691 bits per heavy atom. The SMILES string of the molecule is CCCCCCCCCCCCCCCCCCCCC/C=C/C(O)C(CO)NC(=O)CCCCCCC/C=C\CCCCCOC(=O)CCCCCCCCCCCCCCCCCCCC. The van der Waals surface area contributed by atoms with Gasteiger partial charge in [-0.25, -0.2) is 0 Å². The second-order valence-electron chi connectivity index (χ2n) is 21.0. The number of allylic oxidation sites excluding steroid dienone is 3. The number of carbonyl (C=O) groups is 2. The Balaban J connectivity index is 3.50. The summed E-state index contributed by atoms with van der Waals surface area (Å²) in [4.78, 5) is 24.6. The molecule has 2 unspecified atom stereocenters. The summed E-state index contributed by atoms with van der Waals surface area (Å²) in [5, 5.41) is 23.2. The van der Waals surface area contributed by atoms with E-state index in [-0.39, 0.29) is 18.5 Å². The van der Waals surface area contributed by atoms with Crippen LogP contribution in [0.1, 0.15) is 335 Å². The first-order valence-electron chi connectivity index (χ1n) is 30.6. The summed E-state index contributed by atoms with van der Waals surface area (Å²) in [6.07, 6.45) is 70.7. The lowest BCUT2D eigenvalue weighted by Crippen LogP contribution is -2.45. The van der Waals surface area contributed by atoms with Crippen LogP contribution in [-0.2, 0) is 14.3 Å². The molecule has 0 heterocycles. The Morgan fingerprint density at radius 1 is 0.397 bits per heavy atom. The number of aliphatic hydroxyl groups is 2. The fraction of sp³-hybridized carbons (Fsp3) is 0.903. The van der Waals surface area contributed by atoms with Gasteiger partial charge in [0, 0.05) is 12.8 Å². The van der Waals surface area contributed by atoms with Crippen molar-refractivity contribution in [1.29, 1.82) is 0 Å². The molecule has 0 aliphatic heterocycles. The normalized spacial score (nSPS) is 12.7. The van der Waals surface area contributed by atoms with E-state index in [2.05, 4.69) is 31.3 Å². The number of esters is 1. The highest BCUT2D eigenvalue weighted by Gasteiger charge is 2.18. The van der Waals surface area contributed by atoms with Gasteiger partial charge in [-0.3, -0.25) is 9.59 Å². The minimum absolute atomic E-state index is 0.0193. The number of amides is 1. The molecule has 2 atom stereocenters. The molecule has 68 heavy (non-hydrogen) atoms. The summed E-state index contributed by atoms with van der Waals surface area (Å²) in [7, 11) is 0. The van der Waals surface area contributed by atoms with E-state index < -0.39 is 12.1 Å². The number of carbonyl (C=O) groups excluding carboxylic acids is 2. The highest BCUT2D eigenvalue weighted by atomic mass is 16.5. The van der Waals surface area contributed by atoms with Crippen molar-refractivity contribution in [2.45, 2.75) is 347 Å². The zero-order chi connectivity index (χ0) is 49.3. The number of rotatable bonds is 57. The minimum atomic E-state index is -0.861. The summed E-state index contributed by atoms with van der Waals surface area (Å²) < 4.78 is 5.47. The van der Waals surface area contributed by atoms with Crippen molar-refractivity contribution < 1.29 is 24.5 Å². The quantitative estimate of drug-likeness (QED) is 0.0321. The second-order valence-corrected chi connectivity index (χ2v) is 21.0. The van der Waals surface area contributed by atoms with Crippen LogP contribution >= 0.6 is 0 Å². The van der Waals surface area contributed by atoms with Gasteiger partial charge < -0.3 is 20.3 Å². The first kappa shape index (κ1) is 66.3. The van der Waals surface area contributed by atoms with E-state index in [9.17, 15) is 19.8 Å². The predicted molar refractivity (Wildman–Crippen MR) is 296 cm³/mol. The molecule has 0 aliphatic carbocycles.